The SMILES string of the molecule is Cc1nccc(C(=O)N[C@@H](c2cnc3ccccc3c2)C2CC(O)C2)n1. The average Bonchev–Trinajstić information content (AvgIpc) is 2.63. The Hall–Kier alpha value is -2.86. The van der Waals surface area contributed by atoms with Crippen molar-refractivity contribution in [2.24, 2.45) is 5.92 Å². The van der Waals surface area contributed by atoms with E-state index in [4.69, 9.17) is 0 Å². The molecule has 132 valence electrons. The lowest BCUT2D eigenvalue weighted by atomic mass is 9.75. The monoisotopic (exact) mass is 348 g/mol. The van der Waals surface area contributed by atoms with E-state index in [2.05, 4.69) is 26.3 Å². The minimum Gasteiger partial charge on any atom is -0.393 e. The maximum absolute atomic E-state index is 12.7. The number of aryl methyl sites for hydroxylation is 1. The highest BCUT2D eigenvalue weighted by atomic mass is 16.3. The number of amides is 1. The summed E-state index contributed by atoms with van der Waals surface area (Å²) in [5.74, 6) is 0.496. The van der Waals surface area contributed by atoms with E-state index in [1.165, 1.54) is 0 Å². The zero-order valence-corrected chi connectivity index (χ0v) is 14.5. The van der Waals surface area contributed by atoms with Gasteiger partial charge in [-0.1, -0.05) is 18.2 Å². The van der Waals surface area contributed by atoms with Crippen molar-refractivity contribution in [2.75, 3.05) is 0 Å². The topological polar surface area (TPSA) is 88.0 Å². The van der Waals surface area contributed by atoms with E-state index in [0.29, 0.717) is 24.4 Å². The van der Waals surface area contributed by atoms with E-state index in [1.807, 2.05) is 30.5 Å². The molecule has 3 aromatic rings. The molecule has 1 atom stereocenters. The van der Waals surface area contributed by atoms with Crippen molar-refractivity contribution in [3.8, 4) is 0 Å². The zero-order chi connectivity index (χ0) is 18.1. The summed E-state index contributed by atoms with van der Waals surface area (Å²) in [6, 6.07) is 11.3. The number of hydrogen-bond acceptors (Lipinski definition) is 5. The molecule has 6 heteroatoms. The fourth-order valence-electron chi connectivity index (χ4n) is 3.43. The number of hydrogen-bond donors (Lipinski definition) is 2. The molecule has 1 aliphatic carbocycles. The smallest absolute Gasteiger partial charge is 0.270 e. The van der Waals surface area contributed by atoms with Gasteiger partial charge in [0.2, 0.25) is 0 Å². The molecule has 2 N–H and O–H groups in total. The summed E-state index contributed by atoms with van der Waals surface area (Å²) in [6.07, 6.45) is 4.43. The number of carbonyl (C=O) groups excluding carboxylic acids is 1. The van der Waals surface area contributed by atoms with E-state index >= 15 is 0 Å². The third-order valence-electron chi connectivity index (χ3n) is 4.89. The number of nitrogens with zero attached hydrogens (tertiary/aromatic N) is 3. The molecular formula is C20H20N4O2. The van der Waals surface area contributed by atoms with Crippen molar-refractivity contribution in [1.29, 1.82) is 0 Å². The lowest BCUT2D eigenvalue weighted by Gasteiger charge is -2.38. The summed E-state index contributed by atoms with van der Waals surface area (Å²) < 4.78 is 0. The minimum absolute atomic E-state index is 0.180. The number of para-hydroxylation sites is 1. The Morgan fingerprint density at radius 2 is 2.04 bits per heavy atom. The predicted molar refractivity (Wildman–Crippen MR) is 97.5 cm³/mol. The molecule has 1 aliphatic rings. The van der Waals surface area contributed by atoms with Gasteiger partial charge in [-0.25, -0.2) is 9.97 Å². The second kappa shape index (κ2) is 6.80. The third-order valence-corrected chi connectivity index (χ3v) is 4.89. The first-order valence-corrected chi connectivity index (χ1v) is 8.73. The number of aromatic nitrogens is 3. The molecule has 0 saturated heterocycles. The largest absolute Gasteiger partial charge is 0.393 e. The van der Waals surface area contributed by atoms with Crippen molar-refractivity contribution >= 4 is 16.8 Å². The van der Waals surface area contributed by atoms with Crippen LogP contribution < -0.4 is 5.32 Å². The van der Waals surface area contributed by atoms with E-state index in [0.717, 1.165) is 16.5 Å². The van der Waals surface area contributed by atoms with Gasteiger partial charge in [0.15, 0.2) is 0 Å². The van der Waals surface area contributed by atoms with E-state index in [9.17, 15) is 9.90 Å². The molecule has 0 radical (unpaired) electrons. The molecule has 0 aliphatic heterocycles. The Balaban J connectivity index is 1.64. The van der Waals surface area contributed by atoms with Crippen LogP contribution in [0, 0.1) is 12.8 Å². The molecule has 1 aromatic carbocycles. The Morgan fingerprint density at radius 1 is 1.23 bits per heavy atom. The van der Waals surface area contributed by atoms with Crippen LogP contribution in [0.25, 0.3) is 10.9 Å². The van der Waals surface area contributed by atoms with Crippen LogP contribution in [0.15, 0.2) is 48.8 Å². The normalized spacial score (nSPS) is 20.4. The number of nitrogens with one attached hydrogen (secondary N) is 1. The molecule has 4 rings (SSSR count). The summed E-state index contributed by atoms with van der Waals surface area (Å²) in [7, 11) is 0. The number of aliphatic hydroxyl groups excluding tert-OH is 1. The molecule has 2 aromatic heterocycles. The van der Waals surface area contributed by atoms with Crippen molar-refractivity contribution in [2.45, 2.75) is 31.9 Å². The quantitative estimate of drug-likeness (QED) is 0.756. The second-order valence-corrected chi connectivity index (χ2v) is 6.79. The fraction of sp³-hybridized carbons (Fsp3) is 0.300. The van der Waals surface area contributed by atoms with Crippen LogP contribution in [-0.2, 0) is 0 Å². The van der Waals surface area contributed by atoms with Crippen LogP contribution in [0.3, 0.4) is 0 Å². The van der Waals surface area contributed by atoms with Crippen molar-refractivity contribution in [1.82, 2.24) is 20.3 Å². The van der Waals surface area contributed by atoms with Gasteiger partial charge in [0.25, 0.3) is 5.91 Å². The number of carbonyl (C=O) groups is 1. The lowest BCUT2D eigenvalue weighted by Crippen LogP contribution is -2.41. The van der Waals surface area contributed by atoms with Crippen LogP contribution in [0.4, 0.5) is 0 Å². The average molecular weight is 348 g/mol. The van der Waals surface area contributed by atoms with E-state index in [1.54, 1.807) is 19.2 Å². The third kappa shape index (κ3) is 3.28. The first-order valence-electron chi connectivity index (χ1n) is 8.73. The van der Waals surface area contributed by atoms with Crippen molar-refractivity contribution < 1.29 is 9.90 Å². The molecule has 1 amide bonds. The van der Waals surface area contributed by atoms with Gasteiger partial charge < -0.3 is 10.4 Å². The molecule has 1 fully saturated rings. The van der Waals surface area contributed by atoms with Gasteiger partial charge in [-0.15, -0.1) is 0 Å². The number of fused-ring (bicyclic) bond motifs is 1. The maximum atomic E-state index is 12.7. The molecule has 6 nitrogen and oxygen atoms in total. The van der Waals surface area contributed by atoms with Crippen LogP contribution in [0.2, 0.25) is 0 Å². The van der Waals surface area contributed by atoms with Gasteiger partial charge in [0, 0.05) is 17.8 Å². The standard InChI is InChI=1S/C20H20N4O2/c1-12-21-7-6-18(23-12)20(26)24-19(14-9-16(25)10-14)15-8-13-4-2-3-5-17(13)22-11-15/h2-8,11,14,16,19,25H,9-10H2,1H3,(H,24,26)/t14?,16?,19-/m1/s1. The summed E-state index contributed by atoms with van der Waals surface area (Å²) in [5, 5.41) is 13.8. The van der Waals surface area contributed by atoms with Crippen molar-refractivity contribution in [3.05, 3.63) is 65.9 Å². The van der Waals surface area contributed by atoms with Crippen LogP contribution in [-0.4, -0.2) is 32.1 Å². The maximum Gasteiger partial charge on any atom is 0.270 e. The predicted octanol–water partition coefficient (Wildman–Crippen LogP) is 2.58. The molecule has 2 heterocycles. The van der Waals surface area contributed by atoms with Gasteiger partial charge in [0.05, 0.1) is 17.7 Å². The summed E-state index contributed by atoms with van der Waals surface area (Å²) >= 11 is 0. The minimum atomic E-state index is -0.297. The Bertz CT molecular complexity index is 953. The first kappa shape index (κ1) is 16.6. The Kier molecular flexibility index (Phi) is 4.34. The number of aliphatic hydroxyl groups is 1. The zero-order valence-electron chi connectivity index (χ0n) is 14.5. The fourth-order valence-corrected chi connectivity index (χ4v) is 3.43. The van der Waals surface area contributed by atoms with E-state index < -0.39 is 0 Å². The first-order chi connectivity index (χ1) is 12.6. The van der Waals surface area contributed by atoms with E-state index in [-0.39, 0.29) is 24.0 Å². The second-order valence-electron chi connectivity index (χ2n) is 6.79. The molecule has 0 spiro atoms. The molecule has 0 bridgehead atoms. The van der Waals surface area contributed by atoms with Crippen LogP contribution in [0.1, 0.15) is 40.8 Å². The Labute approximate surface area is 151 Å². The van der Waals surface area contributed by atoms with Gasteiger partial charge in [-0.05, 0) is 49.4 Å². The summed E-state index contributed by atoms with van der Waals surface area (Å²) in [4.78, 5) is 25.4. The number of pyridine rings is 1. The van der Waals surface area contributed by atoms with Crippen LogP contribution >= 0.6 is 0 Å². The molecule has 26 heavy (non-hydrogen) atoms. The lowest BCUT2D eigenvalue weighted by molar-refractivity contribution is 0.0234. The van der Waals surface area contributed by atoms with Gasteiger partial charge >= 0.3 is 0 Å². The molecular weight excluding hydrogens is 328 g/mol. The molecule has 1 saturated carbocycles. The number of benzene rings is 1. The highest BCUT2D eigenvalue weighted by molar-refractivity contribution is 5.92. The number of rotatable bonds is 4. The van der Waals surface area contributed by atoms with Gasteiger partial charge in [-0.2, -0.15) is 0 Å². The molecule has 0 unspecified atom stereocenters. The van der Waals surface area contributed by atoms with Crippen LogP contribution in [0.5, 0.6) is 0 Å². The van der Waals surface area contributed by atoms with Gasteiger partial charge in [0.1, 0.15) is 11.5 Å². The highest BCUT2D eigenvalue weighted by Gasteiger charge is 2.36. The summed E-state index contributed by atoms with van der Waals surface area (Å²) in [6.45, 7) is 1.75. The van der Waals surface area contributed by atoms with Gasteiger partial charge in [-0.3, -0.25) is 9.78 Å². The summed E-state index contributed by atoms with van der Waals surface area (Å²) in [5.41, 5.74) is 2.21. The van der Waals surface area contributed by atoms with Crippen molar-refractivity contribution in [3.63, 3.8) is 0 Å². The Morgan fingerprint density at radius 3 is 2.81 bits per heavy atom. The highest BCUT2D eigenvalue weighted by Crippen LogP contribution is 2.38.